The van der Waals surface area contributed by atoms with Crippen molar-refractivity contribution in [2.24, 2.45) is 0 Å². The molecule has 0 aliphatic carbocycles. The normalized spacial score (nSPS) is 14.3. The van der Waals surface area contributed by atoms with Gasteiger partial charge in [-0.25, -0.2) is 0 Å². The molecule has 0 spiro atoms. The van der Waals surface area contributed by atoms with E-state index in [4.69, 9.17) is 4.43 Å². The van der Waals surface area contributed by atoms with Gasteiger partial charge in [0.05, 0.1) is 6.61 Å². The summed E-state index contributed by atoms with van der Waals surface area (Å²) in [7, 11) is -3.41. The smallest absolute Gasteiger partial charge is 0.192 e. The van der Waals surface area contributed by atoms with Crippen molar-refractivity contribution >= 4 is 27.5 Å². The highest BCUT2D eigenvalue weighted by atomic mass is 28.4. The zero-order valence-corrected chi connectivity index (χ0v) is 19.9. The van der Waals surface area contributed by atoms with Gasteiger partial charge >= 0.3 is 0 Å². The highest BCUT2D eigenvalue weighted by Crippen LogP contribution is 2.41. The maximum Gasteiger partial charge on any atom is 0.192 e. The predicted molar refractivity (Wildman–Crippen MR) is 117 cm³/mol. The summed E-state index contributed by atoms with van der Waals surface area (Å²) >= 11 is 0. The molecule has 140 valence electrons. The molecular weight excluding hydrogens is 338 g/mol. The molecule has 1 aromatic carbocycles. The molecule has 2 aromatic rings. The standard InChI is InChI=1S/C21H37NOSi2/c1-20(2,3)24(7,8)22-15-17(18-13-11-12-14-19(18)22)16-23-25(9,10)21(4,5)6/h11-15H,16H2,1-10H3. The zero-order chi connectivity index (χ0) is 19.3. The average molecular weight is 376 g/mol. The molecule has 0 aliphatic rings. The Morgan fingerprint density at radius 1 is 0.880 bits per heavy atom. The van der Waals surface area contributed by atoms with Gasteiger partial charge in [-0.05, 0) is 29.2 Å². The van der Waals surface area contributed by atoms with Crippen molar-refractivity contribution in [3.05, 3.63) is 36.0 Å². The van der Waals surface area contributed by atoms with Crippen LogP contribution in [0, 0.1) is 0 Å². The summed E-state index contributed by atoms with van der Waals surface area (Å²) in [5.41, 5.74) is 2.70. The lowest BCUT2D eigenvalue weighted by Gasteiger charge is -2.38. The molecule has 25 heavy (non-hydrogen) atoms. The molecule has 0 bridgehead atoms. The molecule has 0 atom stereocenters. The van der Waals surface area contributed by atoms with Crippen molar-refractivity contribution in [1.29, 1.82) is 0 Å². The number of fused-ring (bicyclic) bond motifs is 1. The number of benzene rings is 1. The highest BCUT2D eigenvalue weighted by molar-refractivity contribution is 6.79. The Hall–Kier alpha value is -0.846. The van der Waals surface area contributed by atoms with Crippen LogP contribution in [0.3, 0.4) is 0 Å². The van der Waals surface area contributed by atoms with E-state index < -0.39 is 16.6 Å². The summed E-state index contributed by atoms with van der Waals surface area (Å²) < 4.78 is 9.13. The lowest BCUT2D eigenvalue weighted by molar-refractivity contribution is 0.277. The van der Waals surface area contributed by atoms with Crippen LogP contribution in [0.25, 0.3) is 10.9 Å². The Balaban J connectivity index is 2.47. The molecule has 0 saturated heterocycles. The highest BCUT2D eigenvalue weighted by Gasteiger charge is 2.39. The topological polar surface area (TPSA) is 14.2 Å². The van der Waals surface area contributed by atoms with Crippen LogP contribution in [0.4, 0.5) is 0 Å². The van der Waals surface area contributed by atoms with Crippen LogP contribution >= 0.6 is 0 Å². The molecule has 0 aliphatic heterocycles. The van der Waals surface area contributed by atoms with Gasteiger partial charge in [0.15, 0.2) is 16.6 Å². The second-order valence-electron chi connectivity index (χ2n) is 10.4. The molecule has 0 amide bonds. The van der Waals surface area contributed by atoms with Crippen LogP contribution in [0.5, 0.6) is 0 Å². The first kappa shape index (κ1) is 20.5. The van der Waals surface area contributed by atoms with Gasteiger partial charge in [0.25, 0.3) is 0 Å². The Bertz CT molecular complexity index is 745. The monoisotopic (exact) mass is 375 g/mol. The molecule has 1 aromatic heterocycles. The minimum absolute atomic E-state index is 0.241. The fourth-order valence-electron chi connectivity index (χ4n) is 2.66. The van der Waals surface area contributed by atoms with E-state index in [0.717, 1.165) is 6.61 Å². The van der Waals surface area contributed by atoms with Crippen LogP contribution in [0.1, 0.15) is 47.1 Å². The first-order valence-corrected chi connectivity index (χ1v) is 15.3. The molecule has 0 unspecified atom stereocenters. The van der Waals surface area contributed by atoms with Crippen LogP contribution in [-0.4, -0.2) is 20.8 Å². The molecule has 1 heterocycles. The van der Waals surface area contributed by atoms with Gasteiger partial charge in [0.1, 0.15) is 0 Å². The van der Waals surface area contributed by atoms with Gasteiger partial charge < -0.3 is 8.66 Å². The summed E-state index contributed by atoms with van der Waals surface area (Å²) in [6.45, 7) is 24.4. The van der Waals surface area contributed by atoms with Crippen LogP contribution in [0.15, 0.2) is 30.5 Å². The van der Waals surface area contributed by atoms with E-state index in [0.29, 0.717) is 5.04 Å². The van der Waals surface area contributed by atoms with Crippen molar-refractivity contribution < 1.29 is 4.43 Å². The second-order valence-corrected chi connectivity index (χ2v) is 20.3. The maximum absolute atomic E-state index is 6.54. The molecule has 0 fully saturated rings. The number of aromatic nitrogens is 1. The van der Waals surface area contributed by atoms with E-state index in [2.05, 4.69) is 102 Å². The zero-order valence-electron chi connectivity index (χ0n) is 17.9. The van der Waals surface area contributed by atoms with E-state index in [1.54, 1.807) is 0 Å². The van der Waals surface area contributed by atoms with Gasteiger partial charge in [-0.2, -0.15) is 0 Å². The first-order valence-electron chi connectivity index (χ1n) is 9.42. The molecule has 4 heteroatoms. The largest absolute Gasteiger partial charge is 0.412 e. The minimum atomic E-state index is -1.75. The van der Waals surface area contributed by atoms with Gasteiger partial charge in [0.2, 0.25) is 0 Å². The van der Waals surface area contributed by atoms with Crippen LogP contribution in [0.2, 0.25) is 36.3 Å². The first-order chi connectivity index (χ1) is 11.2. The third-order valence-corrected chi connectivity index (χ3v) is 16.4. The number of para-hydroxylation sites is 1. The van der Waals surface area contributed by atoms with Gasteiger partial charge in [0, 0.05) is 22.7 Å². The quantitative estimate of drug-likeness (QED) is 0.524. The summed E-state index contributed by atoms with van der Waals surface area (Å²) in [4.78, 5) is 0. The second kappa shape index (κ2) is 6.40. The molecule has 0 saturated carbocycles. The van der Waals surface area contributed by atoms with E-state index in [-0.39, 0.29) is 5.04 Å². The SMILES string of the molecule is CC(C)(C)[Si](C)(C)OCc1cn([Si](C)(C)C(C)(C)C)c2ccccc12. The molecular formula is C21H37NOSi2. The van der Waals surface area contributed by atoms with Gasteiger partial charge in [-0.1, -0.05) is 72.8 Å². The number of hydrogen-bond donors (Lipinski definition) is 0. The molecule has 2 nitrogen and oxygen atoms in total. The third kappa shape index (κ3) is 3.81. The van der Waals surface area contributed by atoms with E-state index in [1.807, 2.05) is 0 Å². The van der Waals surface area contributed by atoms with Crippen molar-refractivity contribution in [2.75, 3.05) is 0 Å². The Morgan fingerprint density at radius 3 is 1.96 bits per heavy atom. The fourth-order valence-corrected chi connectivity index (χ4v) is 5.61. The van der Waals surface area contributed by atoms with Crippen molar-refractivity contribution in [3.8, 4) is 0 Å². The Labute approximate surface area is 156 Å². The van der Waals surface area contributed by atoms with Crippen molar-refractivity contribution in [1.82, 2.24) is 4.23 Å². The molecule has 0 N–H and O–H groups in total. The van der Waals surface area contributed by atoms with Gasteiger partial charge in [-0.15, -0.1) is 0 Å². The fraction of sp³-hybridized carbons (Fsp3) is 0.619. The molecule has 0 radical (unpaired) electrons. The number of nitrogens with zero attached hydrogens (tertiary/aromatic N) is 1. The van der Waals surface area contributed by atoms with Crippen molar-refractivity contribution in [3.63, 3.8) is 0 Å². The van der Waals surface area contributed by atoms with E-state index >= 15 is 0 Å². The number of hydrogen-bond acceptors (Lipinski definition) is 1. The third-order valence-electron chi connectivity index (χ3n) is 6.63. The lowest BCUT2D eigenvalue weighted by Crippen LogP contribution is -2.45. The van der Waals surface area contributed by atoms with E-state index in [9.17, 15) is 0 Å². The Morgan fingerprint density at radius 2 is 1.44 bits per heavy atom. The van der Waals surface area contributed by atoms with Crippen molar-refractivity contribution in [2.45, 2.75) is 84.4 Å². The predicted octanol–water partition coefficient (Wildman–Crippen LogP) is 7.02. The Kier molecular flexibility index (Phi) is 5.24. The number of rotatable bonds is 4. The van der Waals surface area contributed by atoms with Crippen LogP contribution in [-0.2, 0) is 11.0 Å². The van der Waals surface area contributed by atoms with Crippen LogP contribution < -0.4 is 0 Å². The van der Waals surface area contributed by atoms with Gasteiger partial charge in [-0.3, -0.25) is 0 Å². The summed E-state index contributed by atoms with van der Waals surface area (Å²) in [5, 5.41) is 1.89. The van der Waals surface area contributed by atoms with E-state index in [1.165, 1.54) is 16.5 Å². The summed E-state index contributed by atoms with van der Waals surface area (Å²) in [6, 6.07) is 8.83. The lowest BCUT2D eigenvalue weighted by atomic mass is 10.2. The summed E-state index contributed by atoms with van der Waals surface area (Å²) in [6.07, 6.45) is 2.38. The minimum Gasteiger partial charge on any atom is -0.412 e. The molecule has 2 rings (SSSR count). The average Bonchev–Trinajstić information content (AvgIpc) is 2.82. The summed E-state index contributed by atoms with van der Waals surface area (Å²) in [5.74, 6) is 0. The maximum atomic E-state index is 6.54.